The van der Waals surface area contributed by atoms with E-state index in [9.17, 15) is 4.79 Å². The first-order valence-corrected chi connectivity index (χ1v) is 5.64. The van der Waals surface area contributed by atoms with E-state index in [1.165, 1.54) is 6.33 Å². The highest BCUT2D eigenvalue weighted by molar-refractivity contribution is 5.26. The fourth-order valence-electron chi connectivity index (χ4n) is 1.88. The van der Waals surface area contributed by atoms with E-state index in [1.54, 1.807) is 12.4 Å². The van der Waals surface area contributed by atoms with Crippen LogP contribution < -0.4 is 5.56 Å². The molecule has 0 saturated heterocycles. The summed E-state index contributed by atoms with van der Waals surface area (Å²) in [6.45, 7) is 4.00. The monoisotopic (exact) mass is 229 g/mol. The molecule has 0 saturated carbocycles. The second-order valence-corrected chi connectivity index (χ2v) is 4.28. The Kier molecular flexibility index (Phi) is 3.32. The van der Waals surface area contributed by atoms with Crippen LogP contribution in [0.2, 0.25) is 0 Å². The van der Waals surface area contributed by atoms with E-state index in [-0.39, 0.29) is 11.5 Å². The minimum absolute atomic E-state index is 0.0473. The van der Waals surface area contributed by atoms with Gasteiger partial charge in [0.2, 0.25) is 0 Å². The Hall–Kier alpha value is -1.97. The third kappa shape index (κ3) is 2.58. The summed E-state index contributed by atoms with van der Waals surface area (Å²) < 4.78 is 0. The third-order valence-corrected chi connectivity index (χ3v) is 2.64. The molecule has 0 atom stereocenters. The van der Waals surface area contributed by atoms with Gasteiger partial charge in [0, 0.05) is 24.4 Å². The lowest BCUT2D eigenvalue weighted by atomic mass is 9.99. The first-order valence-electron chi connectivity index (χ1n) is 5.64. The number of pyridine rings is 1. The average Bonchev–Trinajstić information content (AvgIpc) is 2.30. The zero-order valence-corrected chi connectivity index (χ0v) is 9.97. The Morgan fingerprint density at radius 3 is 2.88 bits per heavy atom. The van der Waals surface area contributed by atoms with Crippen LogP contribution in [-0.4, -0.2) is 15.0 Å². The highest BCUT2D eigenvalue weighted by Crippen LogP contribution is 2.15. The lowest BCUT2D eigenvalue weighted by molar-refractivity contribution is 0.799. The van der Waals surface area contributed by atoms with Gasteiger partial charge in [0.15, 0.2) is 0 Å². The van der Waals surface area contributed by atoms with Gasteiger partial charge < -0.3 is 4.98 Å². The topological polar surface area (TPSA) is 58.6 Å². The van der Waals surface area contributed by atoms with Gasteiger partial charge in [0.05, 0.1) is 12.0 Å². The number of nitrogens with one attached hydrogen (secondary N) is 1. The first kappa shape index (κ1) is 11.5. The Bertz CT molecular complexity index is 546. The van der Waals surface area contributed by atoms with E-state index in [0.29, 0.717) is 6.42 Å². The van der Waals surface area contributed by atoms with Crippen LogP contribution in [0, 0.1) is 0 Å². The first-order chi connectivity index (χ1) is 8.18. The molecule has 0 amide bonds. The van der Waals surface area contributed by atoms with E-state index in [2.05, 4.69) is 15.0 Å². The summed E-state index contributed by atoms with van der Waals surface area (Å²) in [6, 6.07) is 3.87. The molecule has 4 heteroatoms. The molecule has 0 aliphatic rings. The number of rotatable bonds is 3. The van der Waals surface area contributed by atoms with Crippen molar-refractivity contribution >= 4 is 0 Å². The van der Waals surface area contributed by atoms with Crippen LogP contribution in [0.5, 0.6) is 0 Å². The van der Waals surface area contributed by atoms with Gasteiger partial charge in [-0.05, 0) is 17.5 Å². The Balaban J connectivity index is 2.40. The van der Waals surface area contributed by atoms with Crippen LogP contribution in [-0.2, 0) is 6.42 Å². The highest BCUT2D eigenvalue weighted by atomic mass is 16.1. The molecule has 1 N–H and O–H groups in total. The SMILES string of the molecule is CC(C)c1c(Cc2cccnc2)nc[nH]c1=O. The van der Waals surface area contributed by atoms with Crippen LogP contribution in [0.15, 0.2) is 35.6 Å². The van der Waals surface area contributed by atoms with Crippen LogP contribution in [0.4, 0.5) is 0 Å². The predicted octanol–water partition coefficient (Wildman–Crippen LogP) is 1.88. The number of aromatic amines is 1. The Morgan fingerprint density at radius 2 is 2.24 bits per heavy atom. The molecule has 0 radical (unpaired) electrons. The maximum Gasteiger partial charge on any atom is 0.254 e. The molecule has 0 bridgehead atoms. The molecule has 17 heavy (non-hydrogen) atoms. The lowest BCUT2D eigenvalue weighted by Gasteiger charge is -2.09. The highest BCUT2D eigenvalue weighted by Gasteiger charge is 2.12. The number of H-pyrrole nitrogens is 1. The molecular weight excluding hydrogens is 214 g/mol. The zero-order chi connectivity index (χ0) is 12.3. The summed E-state index contributed by atoms with van der Waals surface area (Å²) in [7, 11) is 0. The summed E-state index contributed by atoms with van der Waals surface area (Å²) in [4.78, 5) is 22.7. The predicted molar refractivity (Wildman–Crippen MR) is 66.0 cm³/mol. The van der Waals surface area contributed by atoms with Crippen LogP contribution >= 0.6 is 0 Å². The van der Waals surface area contributed by atoms with Crippen molar-refractivity contribution < 1.29 is 0 Å². The second kappa shape index (κ2) is 4.91. The maximum atomic E-state index is 11.8. The van der Waals surface area contributed by atoms with Crippen molar-refractivity contribution in [1.29, 1.82) is 0 Å². The summed E-state index contributed by atoms with van der Waals surface area (Å²) in [5, 5.41) is 0. The molecular formula is C13H15N3O. The third-order valence-electron chi connectivity index (χ3n) is 2.64. The van der Waals surface area contributed by atoms with Crippen LogP contribution in [0.25, 0.3) is 0 Å². The molecule has 2 aromatic rings. The summed E-state index contributed by atoms with van der Waals surface area (Å²) in [5.74, 6) is 0.166. The Morgan fingerprint density at radius 1 is 1.41 bits per heavy atom. The van der Waals surface area contributed by atoms with Gasteiger partial charge in [0.1, 0.15) is 0 Å². The molecule has 4 nitrogen and oxygen atoms in total. The van der Waals surface area contributed by atoms with Crippen LogP contribution in [0.3, 0.4) is 0 Å². The summed E-state index contributed by atoms with van der Waals surface area (Å²) >= 11 is 0. The molecule has 0 spiro atoms. The Labute approximate surface area is 99.8 Å². The fourth-order valence-corrected chi connectivity index (χ4v) is 1.88. The molecule has 0 unspecified atom stereocenters. The van der Waals surface area contributed by atoms with Crippen molar-refractivity contribution in [3.8, 4) is 0 Å². The van der Waals surface area contributed by atoms with Gasteiger partial charge in [-0.2, -0.15) is 0 Å². The smallest absolute Gasteiger partial charge is 0.254 e. The zero-order valence-electron chi connectivity index (χ0n) is 9.97. The van der Waals surface area contributed by atoms with Gasteiger partial charge in [-0.25, -0.2) is 4.98 Å². The second-order valence-electron chi connectivity index (χ2n) is 4.28. The van der Waals surface area contributed by atoms with E-state index in [4.69, 9.17) is 0 Å². The molecule has 0 aliphatic carbocycles. The number of hydrogen-bond acceptors (Lipinski definition) is 3. The van der Waals surface area contributed by atoms with Gasteiger partial charge in [0.25, 0.3) is 5.56 Å². The van der Waals surface area contributed by atoms with E-state index in [1.807, 2.05) is 26.0 Å². The number of nitrogens with zero attached hydrogens (tertiary/aromatic N) is 2. The molecule has 2 aromatic heterocycles. The lowest BCUT2D eigenvalue weighted by Crippen LogP contribution is -2.18. The molecule has 2 rings (SSSR count). The van der Waals surface area contributed by atoms with Crippen molar-refractivity contribution in [2.45, 2.75) is 26.2 Å². The molecule has 0 aliphatic heterocycles. The minimum Gasteiger partial charge on any atom is -0.313 e. The van der Waals surface area contributed by atoms with Crippen molar-refractivity contribution in [3.05, 3.63) is 58.0 Å². The van der Waals surface area contributed by atoms with Crippen molar-refractivity contribution in [2.24, 2.45) is 0 Å². The molecule has 2 heterocycles. The minimum atomic E-state index is -0.0473. The average molecular weight is 229 g/mol. The molecule has 0 aromatic carbocycles. The molecule has 0 fully saturated rings. The van der Waals surface area contributed by atoms with Gasteiger partial charge in [-0.15, -0.1) is 0 Å². The quantitative estimate of drug-likeness (QED) is 0.874. The van der Waals surface area contributed by atoms with E-state index < -0.39 is 0 Å². The van der Waals surface area contributed by atoms with Crippen LogP contribution in [0.1, 0.15) is 36.6 Å². The summed E-state index contributed by atoms with van der Waals surface area (Å²) in [5.41, 5.74) is 2.61. The number of aromatic nitrogens is 3. The molecule has 88 valence electrons. The normalized spacial score (nSPS) is 10.8. The van der Waals surface area contributed by atoms with Crippen molar-refractivity contribution in [1.82, 2.24) is 15.0 Å². The largest absolute Gasteiger partial charge is 0.313 e. The van der Waals surface area contributed by atoms with Crippen molar-refractivity contribution in [3.63, 3.8) is 0 Å². The summed E-state index contributed by atoms with van der Waals surface area (Å²) in [6.07, 6.45) is 5.64. The fraction of sp³-hybridized carbons (Fsp3) is 0.308. The van der Waals surface area contributed by atoms with Gasteiger partial charge in [-0.1, -0.05) is 19.9 Å². The van der Waals surface area contributed by atoms with Crippen molar-refractivity contribution in [2.75, 3.05) is 0 Å². The van der Waals surface area contributed by atoms with E-state index in [0.717, 1.165) is 16.8 Å². The number of hydrogen-bond donors (Lipinski definition) is 1. The maximum absolute atomic E-state index is 11.8. The van der Waals surface area contributed by atoms with Gasteiger partial charge in [-0.3, -0.25) is 9.78 Å². The van der Waals surface area contributed by atoms with E-state index >= 15 is 0 Å². The standard InChI is InChI=1S/C13H15N3O/c1-9(2)12-11(15-8-16-13(12)17)6-10-4-3-5-14-7-10/h3-5,7-9H,6H2,1-2H3,(H,15,16,17). The van der Waals surface area contributed by atoms with Gasteiger partial charge >= 0.3 is 0 Å².